The fraction of sp³-hybridized carbons (Fsp3) is 0.833. The summed E-state index contributed by atoms with van der Waals surface area (Å²) in [6.45, 7) is 0.624. The molecule has 0 aromatic carbocycles. The van der Waals surface area contributed by atoms with Gasteiger partial charge in [0.05, 0.1) is 6.61 Å². The van der Waals surface area contributed by atoms with Crippen molar-refractivity contribution in [3.8, 4) is 0 Å². The zero-order valence-electron chi connectivity index (χ0n) is 13.1. The van der Waals surface area contributed by atoms with E-state index in [0.717, 1.165) is 12.8 Å². The maximum Gasteiger partial charge on any atom is 0.305 e. The predicted molar refractivity (Wildman–Crippen MR) is 84.7 cm³/mol. The van der Waals surface area contributed by atoms with E-state index in [4.69, 9.17) is 4.74 Å². The summed E-state index contributed by atoms with van der Waals surface area (Å²) in [6, 6.07) is 0. The van der Waals surface area contributed by atoms with Gasteiger partial charge in [0.2, 0.25) is 0 Å². The van der Waals surface area contributed by atoms with Crippen molar-refractivity contribution in [1.82, 2.24) is 0 Å². The summed E-state index contributed by atoms with van der Waals surface area (Å²) in [5, 5.41) is 0. The fourth-order valence-electron chi connectivity index (χ4n) is 2.63. The third-order valence-electron chi connectivity index (χ3n) is 3.95. The van der Waals surface area contributed by atoms with E-state index in [0.29, 0.717) is 13.0 Å². The molecule has 1 heterocycles. The highest BCUT2D eigenvalue weighted by Crippen LogP contribution is 2.11. The van der Waals surface area contributed by atoms with Gasteiger partial charge in [-0.25, -0.2) is 0 Å². The summed E-state index contributed by atoms with van der Waals surface area (Å²) < 4.78 is 5.26. The van der Waals surface area contributed by atoms with Crippen molar-refractivity contribution in [2.45, 2.75) is 89.9 Å². The van der Waals surface area contributed by atoms with E-state index in [1.807, 2.05) is 0 Å². The molecule has 0 fully saturated rings. The highest BCUT2D eigenvalue weighted by Gasteiger charge is 2.02. The van der Waals surface area contributed by atoms with Crippen LogP contribution in [0.25, 0.3) is 0 Å². The standard InChI is InChI=1S/C18H32O2/c19-18-16-14-12-10-8-6-4-2-1-3-5-7-9-11-13-15-17-20-18/h1,3H,2,4-17H2/b3-1-. The Labute approximate surface area is 125 Å². The number of rotatable bonds is 0. The molecule has 0 amide bonds. The molecule has 116 valence electrons. The van der Waals surface area contributed by atoms with Crippen molar-refractivity contribution < 1.29 is 9.53 Å². The Balaban J connectivity index is 2.15. The van der Waals surface area contributed by atoms with Gasteiger partial charge in [-0.2, -0.15) is 0 Å². The molecule has 0 saturated heterocycles. The van der Waals surface area contributed by atoms with Gasteiger partial charge in [-0.05, 0) is 38.5 Å². The monoisotopic (exact) mass is 280 g/mol. The Kier molecular flexibility index (Phi) is 11.4. The Bertz CT molecular complexity index is 234. The first-order valence-corrected chi connectivity index (χ1v) is 8.70. The van der Waals surface area contributed by atoms with E-state index in [1.54, 1.807) is 0 Å². The molecule has 1 aliphatic heterocycles. The van der Waals surface area contributed by atoms with Crippen molar-refractivity contribution in [3.05, 3.63) is 12.2 Å². The van der Waals surface area contributed by atoms with Crippen LogP contribution in [-0.4, -0.2) is 12.6 Å². The van der Waals surface area contributed by atoms with Crippen LogP contribution in [0.2, 0.25) is 0 Å². The van der Waals surface area contributed by atoms with Gasteiger partial charge in [-0.1, -0.05) is 57.1 Å². The average molecular weight is 280 g/mol. The highest BCUT2D eigenvalue weighted by molar-refractivity contribution is 5.69. The molecule has 0 aromatic rings. The normalized spacial score (nSPS) is 23.9. The molecule has 1 rings (SSSR count). The first kappa shape index (κ1) is 17.3. The van der Waals surface area contributed by atoms with Crippen LogP contribution in [-0.2, 0) is 9.53 Å². The van der Waals surface area contributed by atoms with E-state index in [9.17, 15) is 4.79 Å². The molecule has 0 aromatic heterocycles. The van der Waals surface area contributed by atoms with Gasteiger partial charge >= 0.3 is 5.97 Å². The third kappa shape index (κ3) is 11.1. The van der Waals surface area contributed by atoms with Crippen molar-refractivity contribution in [2.24, 2.45) is 0 Å². The average Bonchev–Trinajstić information content (AvgIpc) is 2.45. The summed E-state index contributed by atoms with van der Waals surface area (Å²) in [7, 11) is 0. The molecule has 0 aliphatic carbocycles. The summed E-state index contributed by atoms with van der Waals surface area (Å²) in [6.07, 6.45) is 21.3. The van der Waals surface area contributed by atoms with E-state index >= 15 is 0 Å². The topological polar surface area (TPSA) is 26.3 Å². The summed E-state index contributed by atoms with van der Waals surface area (Å²) >= 11 is 0. The second-order valence-corrected chi connectivity index (χ2v) is 5.91. The van der Waals surface area contributed by atoms with E-state index in [2.05, 4.69) is 12.2 Å². The molecular formula is C18H32O2. The van der Waals surface area contributed by atoms with Gasteiger partial charge in [-0.3, -0.25) is 4.79 Å². The van der Waals surface area contributed by atoms with Gasteiger partial charge in [0, 0.05) is 6.42 Å². The summed E-state index contributed by atoms with van der Waals surface area (Å²) in [5.74, 6) is 0.00659. The predicted octanol–water partition coefficient (Wildman–Crippen LogP) is 5.56. The Hall–Kier alpha value is -0.790. The maximum atomic E-state index is 11.5. The van der Waals surface area contributed by atoms with Crippen molar-refractivity contribution >= 4 is 5.97 Å². The van der Waals surface area contributed by atoms with Crippen LogP contribution in [0.3, 0.4) is 0 Å². The van der Waals surface area contributed by atoms with Crippen molar-refractivity contribution in [2.75, 3.05) is 6.61 Å². The van der Waals surface area contributed by atoms with Gasteiger partial charge in [0.15, 0.2) is 0 Å². The van der Waals surface area contributed by atoms with Crippen LogP contribution in [0.1, 0.15) is 89.9 Å². The lowest BCUT2D eigenvalue weighted by molar-refractivity contribution is -0.143. The molecule has 0 unspecified atom stereocenters. The molecule has 0 N–H and O–H groups in total. The number of carbonyl (C=O) groups excluding carboxylic acids is 1. The second kappa shape index (κ2) is 13.2. The largest absolute Gasteiger partial charge is 0.466 e. The number of cyclic esters (lactones) is 1. The molecule has 0 saturated carbocycles. The summed E-state index contributed by atoms with van der Waals surface area (Å²) in [5.41, 5.74) is 0. The lowest BCUT2D eigenvalue weighted by Gasteiger charge is -2.05. The van der Waals surface area contributed by atoms with Gasteiger partial charge in [-0.15, -0.1) is 0 Å². The van der Waals surface area contributed by atoms with Crippen LogP contribution in [0.5, 0.6) is 0 Å². The van der Waals surface area contributed by atoms with Crippen LogP contribution in [0, 0.1) is 0 Å². The van der Waals surface area contributed by atoms with Crippen LogP contribution in [0.15, 0.2) is 12.2 Å². The number of hydrogen-bond donors (Lipinski definition) is 0. The molecular weight excluding hydrogens is 248 g/mol. The SMILES string of the molecule is O=C1CCCCCCCC/C=C\CCCCCCCO1. The maximum absolute atomic E-state index is 11.5. The highest BCUT2D eigenvalue weighted by atomic mass is 16.5. The minimum Gasteiger partial charge on any atom is -0.466 e. The first-order chi connectivity index (χ1) is 9.89. The van der Waals surface area contributed by atoms with Gasteiger partial charge < -0.3 is 4.74 Å². The lowest BCUT2D eigenvalue weighted by Crippen LogP contribution is -2.05. The molecule has 2 heteroatoms. The molecule has 0 radical (unpaired) electrons. The van der Waals surface area contributed by atoms with Crippen LogP contribution in [0.4, 0.5) is 0 Å². The number of esters is 1. The van der Waals surface area contributed by atoms with Crippen molar-refractivity contribution in [3.63, 3.8) is 0 Å². The smallest absolute Gasteiger partial charge is 0.305 e. The number of hydrogen-bond acceptors (Lipinski definition) is 2. The van der Waals surface area contributed by atoms with E-state index in [1.165, 1.54) is 70.6 Å². The minimum atomic E-state index is 0.00659. The van der Waals surface area contributed by atoms with Crippen LogP contribution >= 0.6 is 0 Å². The molecule has 2 nitrogen and oxygen atoms in total. The molecule has 1 aliphatic rings. The quantitative estimate of drug-likeness (QED) is 0.429. The van der Waals surface area contributed by atoms with Gasteiger partial charge in [0.25, 0.3) is 0 Å². The van der Waals surface area contributed by atoms with Crippen LogP contribution < -0.4 is 0 Å². The number of allylic oxidation sites excluding steroid dienone is 2. The van der Waals surface area contributed by atoms with E-state index in [-0.39, 0.29) is 5.97 Å². The Morgan fingerprint density at radius 1 is 0.650 bits per heavy atom. The third-order valence-corrected chi connectivity index (χ3v) is 3.95. The zero-order valence-corrected chi connectivity index (χ0v) is 13.1. The molecule has 0 bridgehead atoms. The van der Waals surface area contributed by atoms with E-state index < -0.39 is 0 Å². The molecule has 20 heavy (non-hydrogen) atoms. The molecule has 0 spiro atoms. The zero-order chi connectivity index (χ0) is 14.3. The minimum absolute atomic E-state index is 0.00659. The lowest BCUT2D eigenvalue weighted by atomic mass is 10.1. The Morgan fingerprint density at radius 3 is 1.80 bits per heavy atom. The number of ether oxygens (including phenoxy) is 1. The second-order valence-electron chi connectivity index (χ2n) is 5.91. The van der Waals surface area contributed by atoms with Gasteiger partial charge in [0.1, 0.15) is 0 Å². The summed E-state index contributed by atoms with van der Waals surface area (Å²) in [4.78, 5) is 11.5. The number of carbonyl (C=O) groups is 1. The fourth-order valence-corrected chi connectivity index (χ4v) is 2.63. The molecule has 0 atom stereocenters. The first-order valence-electron chi connectivity index (χ1n) is 8.70. The Morgan fingerprint density at radius 2 is 1.15 bits per heavy atom. The van der Waals surface area contributed by atoms with Crippen molar-refractivity contribution in [1.29, 1.82) is 0 Å².